The monoisotopic (exact) mass is 403 g/mol. The summed E-state index contributed by atoms with van der Waals surface area (Å²) in [5.41, 5.74) is 0. The molecule has 0 saturated carbocycles. The minimum Gasteiger partial charge on any atom is -0.0707 e. The zero-order chi connectivity index (χ0) is 19.3. The van der Waals surface area contributed by atoms with Gasteiger partial charge < -0.3 is 0 Å². The van der Waals surface area contributed by atoms with Gasteiger partial charge in [-0.3, -0.25) is 0 Å². The van der Waals surface area contributed by atoms with E-state index in [4.69, 9.17) is 0 Å². The van der Waals surface area contributed by atoms with E-state index in [0.29, 0.717) is 0 Å². The molecule has 0 fully saturated rings. The smallest absolute Gasteiger partial charge is 0.0707 e. The Morgan fingerprint density at radius 2 is 1.04 bits per heavy atom. The zero-order valence-corrected chi connectivity index (χ0v) is 20.1. The fraction of sp³-hybridized carbons (Fsp3) is 0.250. The van der Waals surface area contributed by atoms with Gasteiger partial charge >= 0.3 is 0 Å². The lowest BCUT2D eigenvalue weighted by molar-refractivity contribution is 1.34. The van der Waals surface area contributed by atoms with E-state index < -0.39 is 24.0 Å². The van der Waals surface area contributed by atoms with Crippen LogP contribution in [0, 0.1) is 0 Å². The molecule has 0 aliphatic carbocycles. The van der Waals surface area contributed by atoms with Crippen LogP contribution in [-0.2, 0) is 0 Å². The van der Waals surface area contributed by atoms with Crippen LogP contribution >= 0.6 is 0 Å². The van der Waals surface area contributed by atoms with Gasteiger partial charge in [0.25, 0.3) is 0 Å². The Bertz CT molecular complexity index is 790. The van der Waals surface area contributed by atoms with Gasteiger partial charge in [0.15, 0.2) is 0 Å². The second-order valence-electron chi connectivity index (χ2n) is 8.39. The minimum absolute atomic E-state index is 0.466. The lowest BCUT2D eigenvalue weighted by Gasteiger charge is -2.43. The molecule has 0 bridgehead atoms. The summed E-state index contributed by atoms with van der Waals surface area (Å²) in [6.07, 6.45) is 0. The Kier molecular flexibility index (Phi) is 6.35. The van der Waals surface area contributed by atoms with Crippen molar-refractivity contribution in [2.45, 2.75) is 38.3 Å². The molecule has 139 valence electrons. The van der Waals surface area contributed by atoms with Crippen molar-refractivity contribution in [2.75, 3.05) is 0 Å². The van der Waals surface area contributed by atoms with E-state index in [0.717, 1.165) is 0 Å². The maximum Gasteiger partial charge on any atom is 0.107 e. The van der Waals surface area contributed by atoms with Gasteiger partial charge in [0, 0.05) is 0 Å². The van der Waals surface area contributed by atoms with E-state index in [2.05, 4.69) is 117 Å². The first kappa shape index (κ1) is 20.1. The Labute approximate surface area is 168 Å². The van der Waals surface area contributed by atoms with Crippen LogP contribution in [0.1, 0.15) is 0 Å². The normalized spacial score (nSPS) is 12.3. The molecule has 3 aromatic rings. The molecule has 3 heteroatoms. The van der Waals surface area contributed by atoms with E-state index in [9.17, 15) is 0 Å². The maximum atomic E-state index is 2.65. The predicted octanol–water partition coefficient (Wildman–Crippen LogP) is 4.70. The lowest BCUT2D eigenvalue weighted by atomic mass is 10.4. The number of hydrogen-bond acceptors (Lipinski definition) is 0. The molecule has 3 aromatic carbocycles. The van der Waals surface area contributed by atoms with Gasteiger partial charge in [0.05, 0.1) is 16.4 Å². The summed E-state index contributed by atoms with van der Waals surface area (Å²) < 4.78 is 0. The van der Waals surface area contributed by atoms with Crippen molar-refractivity contribution >= 4 is 39.5 Å². The van der Waals surface area contributed by atoms with Gasteiger partial charge in [-0.2, -0.15) is 0 Å². The summed E-state index contributed by atoms with van der Waals surface area (Å²) in [6.45, 7) is 10.4. The topological polar surface area (TPSA) is 0 Å². The van der Waals surface area contributed by atoms with Crippen LogP contribution in [-0.4, -0.2) is 24.0 Å². The van der Waals surface area contributed by atoms with Crippen molar-refractivity contribution in [3.05, 3.63) is 91.0 Å². The van der Waals surface area contributed by atoms with Gasteiger partial charge in [0.2, 0.25) is 0 Å². The van der Waals surface area contributed by atoms with Crippen LogP contribution in [0.3, 0.4) is 0 Å². The van der Waals surface area contributed by atoms with E-state index in [-0.39, 0.29) is 0 Å². The standard InChI is InChI=1S/C24H31Si3/c1-25(22-14-8-5-9-15-22)20-21-26(2,3)27(4,23-16-10-6-11-17-23)24-18-12-7-13-19-24/h5-19H,20-21H2,1-4H3. The maximum absolute atomic E-state index is 2.65. The van der Waals surface area contributed by atoms with Gasteiger partial charge in [-0.15, -0.1) is 0 Å². The molecule has 0 atom stereocenters. The van der Waals surface area contributed by atoms with E-state index in [1.54, 1.807) is 15.6 Å². The van der Waals surface area contributed by atoms with Crippen molar-refractivity contribution in [1.82, 2.24) is 0 Å². The fourth-order valence-corrected chi connectivity index (χ4v) is 21.6. The molecular weight excluding hydrogens is 373 g/mol. The molecule has 0 aromatic heterocycles. The summed E-state index contributed by atoms with van der Waals surface area (Å²) in [5, 5.41) is 4.80. The fourth-order valence-electron chi connectivity index (χ4n) is 4.11. The van der Waals surface area contributed by atoms with Crippen molar-refractivity contribution < 1.29 is 0 Å². The molecule has 1 radical (unpaired) electrons. The average molecular weight is 404 g/mol. The minimum atomic E-state index is -1.74. The number of benzene rings is 3. The van der Waals surface area contributed by atoms with Crippen LogP contribution < -0.4 is 15.6 Å². The molecule has 0 amide bonds. The second-order valence-corrected chi connectivity index (χ2v) is 25.8. The lowest BCUT2D eigenvalue weighted by Crippen LogP contribution is -2.72. The zero-order valence-electron chi connectivity index (χ0n) is 17.1. The van der Waals surface area contributed by atoms with E-state index in [1.807, 2.05) is 0 Å². The molecule has 27 heavy (non-hydrogen) atoms. The highest BCUT2D eigenvalue weighted by Crippen LogP contribution is 2.26. The molecule has 3 rings (SSSR count). The van der Waals surface area contributed by atoms with Crippen molar-refractivity contribution in [3.63, 3.8) is 0 Å². The summed E-state index contributed by atoms with van der Waals surface area (Å²) >= 11 is 0. The Balaban J connectivity index is 1.91. The summed E-state index contributed by atoms with van der Waals surface area (Å²) in [4.78, 5) is 0. The quantitative estimate of drug-likeness (QED) is 0.502. The molecular formula is C24H31Si3. The molecule has 0 saturated heterocycles. The van der Waals surface area contributed by atoms with Gasteiger partial charge in [0.1, 0.15) is 7.59 Å². The first-order valence-electron chi connectivity index (χ1n) is 9.94. The molecule has 0 aliphatic rings. The van der Waals surface area contributed by atoms with Gasteiger partial charge in [-0.05, 0) is 0 Å². The highest BCUT2D eigenvalue weighted by Gasteiger charge is 2.47. The van der Waals surface area contributed by atoms with Gasteiger partial charge in [-0.1, -0.05) is 145 Å². The summed E-state index contributed by atoms with van der Waals surface area (Å²) in [7, 11) is -3.68. The molecule has 0 spiro atoms. The van der Waals surface area contributed by atoms with Crippen LogP contribution in [0.15, 0.2) is 91.0 Å². The Hall–Kier alpha value is -1.69. The third-order valence-electron chi connectivity index (χ3n) is 6.45. The molecule has 0 nitrogen and oxygen atoms in total. The van der Waals surface area contributed by atoms with Crippen molar-refractivity contribution in [2.24, 2.45) is 0 Å². The second kappa shape index (κ2) is 8.55. The number of rotatable bonds is 7. The third kappa shape index (κ3) is 4.26. The first-order chi connectivity index (χ1) is 12.9. The summed E-state index contributed by atoms with van der Waals surface area (Å²) in [6, 6.07) is 36.8. The van der Waals surface area contributed by atoms with Crippen LogP contribution in [0.5, 0.6) is 0 Å². The highest BCUT2D eigenvalue weighted by molar-refractivity contribution is 7.50. The van der Waals surface area contributed by atoms with Gasteiger partial charge in [-0.25, -0.2) is 0 Å². The van der Waals surface area contributed by atoms with Crippen molar-refractivity contribution in [3.8, 4) is 0 Å². The molecule has 0 heterocycles. The summed E-state index contributed by atoms with van der Waals surface area (Å²) in [5.74, 6) is 0. The van der Waals surface area contributed by atoms with Crippen LogP contribution in [0.4, 0.5) is 0 Å². The van der Waals surface area contributed by atoms with E-state index >= 15 is 0 Å². The Morgan fingerprint density at radius 3 is 1.48 bits per heavy atom. The first-order valence-corrected chi connectivity index (χ1v) is 18.9. The van der Waals surface area contributed by atoms with Crippen LogP contribution in [0.25, 0.3) is 0 Å². The molecule has 0 N–H and O–H groups in total. The number of hydrogen-bond donors (Lipinski definition) is 0. The molecule has 0 aliphatic heterocycles. The largest absolute Gasteiger partial charge is 0.107 e. The average Bonchev–Trinajstić information content (AvgIpc) is 2.73. The third-order valence-corrected chi connectivity index (χ3v) is 27.1. The predicted molar refractivity (Wildman–Crippen MR) is 129 cm³/mol. The molecule has 0 unspecified atom stereocenters. The van der Waals surface area contributed by atoms with Crippen molar-refractivity contribution in [1.29, 1.82) is 0 Å². The highest BCUT2D eigenvalue weighted by atomic mass is 29.3. The SMILES string of the molecule is C[Si](CC[Si](C)(C)[Si](C)(c1ccccc1)c1ccccc1)c1ccccc1. The van der Waals surface area contributed by atoms with E-state index in [1.165, 1.54) is 12.1 Å². The Morgan fingerprint density at radius 1 is 0.630 bits per heavy atom. The van der Waals surface area contributed by atoms with Crippen LogP contribution in [0.2, 0.25) is 38.3 Å².